The van der Waals surface area contributed by atoms with Gasteiger partial charge in [-0.25, -0.2) is 0 Å². The molecule has 2 nitrogen and oxygen atoms in total. The summed E-state index contributed by atoms with van der Waals surface area (Å²) in [7, 11) is 9.03. The first kappa shape index (κ1) is 12.6. The van der Waals surface area contributed by atoms with Gasteiger partial charge >= 0.3 is 75.1 Å². The molecule has 0 radical (unpaired) electrons. The van der Waals surface area contributed by atoms with Crippen molar-refractivity contribution in [3.8, 4) is 0 Å². The van der Waals surface area contributed by atoms with Crippen LogP contribution in [0.15, 0.2) is 0 Å². The Morgan fingerprint density at radius 1 is 1.70 bits per heavy atom. The van der Waals surface area contributed by atoms with E-state index < -0.39 is 6.94 Å². The normalized spacial score (nSPS) is 15.0. The molecule has 0 saturated carbocycles. The summed E-state index contributed by atoms with van der Waals surface area (Å²) in [4.78, 5) is 0. The van der Waals surface area contributed by atoms with Gasteiger partial charge in [0.25, 0.3) is 0 Å². The summed E-state index contributed by atoms with van der Waals surface area (Å²) >= 11 is 4.73. The summed E-state index contributed by atoms with van der Waals surface area (Å²) in [6, 6.07) is 0. The Balaban J connectivity index is 3.30. The molecule has 56 valence electrons. The minimum absolute atomic E-state index is 0.630. The standard InChI is InChI=1S/H3O2P7S/c1-2-9(3)7-5-4-6-8-10/h1,5,7H. The van der Waals surface area contributed by atoms with Crippen LogP contribution in [0.2, 0.25) is 0 Å². The Labute approximate surface area is 75.1 Å². The fraction of sp³-hybridized carbons (Fsp3) is 0. The molecule has 10 heteroatoms. The number of rotatable bonds is 3. The molecule has 0 amide bonds. The van der Waals surface area contributed by atoms with Crippen LogP contribution in [0.25, 0.3) is 0 Å². The summed E-state index contributed by atoms with van der Waals surface area (Å²) in [6.07, 6.45) is 0. The van der Waals surface area contributed by atoms with Gasteiger partial charge in [0.1, 0.15) is 0 Å². The van der Waals surface area contributed by atoms with Crippen LogP contribution >= 0.6 is 53.4 Å². The van der Waals surface area contributed by atoms with Gasteiger partial charge in [-0.1, -0.05) is 0 Å². The Hall–Kier alpha value is 2.63. The van der Waals surface area contributed by atoms with Crippen molar-refractivity contribution in [2.75, 3.05) is 0 Å². The topological polar surface area (TPSA) is 29.5 Å². The van der Waals surface area contributed by atoms with Gasteiger partial charge in [0, 0.05) is 0 Å². The first-order chi connectivity index (χ1) is 4.81. The second-order valence-corrected chi connectivity index (χ2v) is 17.9. The molecule has 0 aliphatic heterocycles. The third kappa shape index (κ3) is 8.72. The van der Waals surface area contributed by atoms with E-state index in [1.165, 1.54) is 15.1 Å². The average Bonchev–Trinajstić information content (AvgIpc) is 1.98. The molecule has 0 rings (SSSR count). The van der Waals surface area contributed by atoms with E-state index in [9.17, 15) is 0 Å². The first-order valence-corrected chi connectivity index (χ1v) is 14.0. The third-order valence-electron chi connectivity index (χ3n) is 0.354. The zero-order chi connectivity index (χ0) is 7.82. The summed E-state index contributed by atoms with van der Waals surface area (Å²) in [5.74, 6) is 0. The van der Waals surface area contributed by atoms with Crippen molar-refractivity contribution in [3.05, 3.63) is 0 Å². The Morgan fingerprint density at radius 3 is 2.90 bits per heavy atom. The Morgan fingerprint density at radius 2 is 2.40 bits per heavy atom. The zero-order valence-electron chi connectivity index (χ0n) is 4.50. The van der Waals surface area contributed by atoms with Crippen LogP contribution in [0.4, 0.5) is 0 Å². The Kier molecular flexibility index (Phi) is 12.3. The van der Waals surface area contributed by atoms with Crippen LogP contribution < -0.4 is 0 Å². The van der Waals surface area contributed by atoms with E-state index in [2.05, 4.69) is 13.0 Å². The minimum atomic E-state index is -0.853. The van der Waals surface area contributed by atoms with E-state index in [0.29, 0.717) is 7.96 Å². The molecule has 0 fully saturated rings. The van der Waals surface area contributed by atoms with Gasteiger partial charge in [-0.3, -0.25) is 0 Å². The van der Waals surface area contributed by atoms with E-state index >= 15 is 0 Å². The van der Waals surface area contributed by atoms with Crippen molar-refractivity contribution in [1.29, 1.82) is 0 Å². The molecule has 1 N–H and O–H groups in total. The summed E-state index contributed by atoms with van der Waals surface area (Å²) in [5, 5.41) is 8.13. The SMILES string of the molecule is OOP(#P)PPP=PP=S. The van der Waals surface area contributed by atoms with E-state index in [1.54, 1.807) is 0 Å². The van der Waals surface area contributed by atoms with Crippen molar-refractivity contribution in [2.45, 2.75) is 0 Å². The maximum atomic E-state index is 8.13. The second-order valence-electron chi connectivity index (χ2n) is 0.849. The molecule has 0 spiro atoms. The fourth-order valence-corrected chi connectivity index (χ4v) is 22.9. The van der Waals surface area contributed by atoms with Crippen molar-refractivity contribution in [1.82, 2.24) is 0 Å². The van der Waals surface area contributed by atoms with Gasteiger partial charge in [-0.15, -0.1) is 0 Å². The molecular formula is H3O2P7S. The monoisotopic (exact) mass is 284 g/mol. The fourth-order valence-electron chi connectivity index (χ4n) is 0.126. The van der Waals surface area contributed by atoms with Gasteiger partial charge < -0.3 is 0 Å². The van der Waals surface area contributed by atoms with Crippen molar-refractivity contribution >= 4 is 65.2 Å². The molecule has 0 bridgehead atoms. The van der Waals surface area contributed by atoms with Crippen LogP contribution in [0.5, 0.6) is 0 Å². The van der Waals surface area contributed by atoms with E-state index in [1.807, 2.05) is 0 Å². The molecule has 0 heterocycles. The van der Waals surface area contributed by atoms with Gasteiger partial charge in [0.05, 0.1) is 0 Å². The van der Waals surface area contributed by atoms with Crippen LogP contribution in [0.3, 0.4) is 0 Å². The van der Waals surface area contributed by atoms with Crippen LogP contribution in [-0.2, 0) is 16.5 Å². The molecule has 0 aromatic carbocycles. The van der Waals surface area contributed by atoms with Crippen molar-refractivity contribution in [3.63, 3.8) is 0 Å². The molecule has 0 aliphatic carbocycles. The summed E-state index contributed by atoms with van der Waals surface area (Å²) in [5.41, 5.74) is 0. The van der Waals surface area contributed by atoms with Gasteiger partial charge in [-0.05, 0) is 0 Å². The van der Waals surface area contributed by atoms with Crippen LogP contribution in [-0.4, -0.2) is 5.26 Å². The number of hydrogen-bond donors (Lipinski definition) is 1. The van der Waals surface area contributed by atoms with Crippen molar-refractivity contribution in [2.24, 2.45) is 0 Å². The van der Waals surface area contributed by atoms with Gasteiger partial charge in [0.2, 0.25) is 0 Å². The average molecular weight is 284 g/mol. The zero-order valence-corrected chi connectivity index (χ0v) is 11.8. The Bertz CT molecular complexity index is 176. The number of hydrogen-bond acceptors (Lipinski definition) is 3. The molecule has 0 aromatic rings. The third-order valence-corrected chi connectivity index (χ3v) is 20.7. The molecule has 0 saturated heterocycles. The van der Waals surface area contributed by atoms with Crippen molar-refractivity contribution < 1.29 is 9.93 Å². The molecule has 3 atom stereocenters. The molecule has 0 aliphatic rings. The molecular weight excluding hydrogens is 281 g/mol. The summed E-state index contributed by atoms with van der Waals surface area (Å²) < 4.78 is 4.04. The molecule has 10 heavy (non-hydrogen) atoms. The van der Waals surface area contributed by atoms with Gasteiger partial charge in [0.15, 0.2) is 0 Å². The maximum absolute atomic E-state index is 8.13. The predicted molar refractivity (Wildman–Crippen MR) is 62.3 cm³/mol. The molecule has 0 aromatic heterocycles. The predicted octanol–water partition coefficient (Wildman–Crippen LogP) is 5.43. The van der Waals surface area contributed by atoms with E-state index in [-0.39, 0.29) is 0 Å². The second kappa shape index (κ2) is 9.72. The van der Waals surface area contributed by atoms with Crippen LogP contribution in [0.1, 0.15) is 0 Å². The van der Waals surface area contributed by atoms with Gasteiger partial charge in [-0.2, -0.15) is 0 Å². The van der Waals surface area contributed by atoms with E-state index in [0.717, 1.165) is 15.0 Å². The quantitative estimate of drug-likeness (QED) is 0.425. The van der Waals surface area contributed by atoms with E-state index in [4.69, 9.17) is 17.1 Å². The first-order valence-electron chi connectivity index (χ1n) is 1.84. The summed E-state index contributed by atoms with van der Waals surface area (Å²) in [6.45, 7) is -0.853. The molecule has 3 unspecified atom stereocenters. The van der Waals surface area contributed by atoms with Crippen LogP contribution in [0, 0.1) is 0 Å².